The van der Waals surface area contributed by atoms with Crippen molar-refractivity contribution in [2.45, 2.75) is 0 Å². The van der Waals surface area contributed by atoms with E-state index in [2.05, 4.69) is 0 Å². The van der Waals surface area contributed by atoms with Crippen molar-refractivity contribution in [2.24, 2.45) is 0 Å². The quantitative estimate of drug-likeness (QED) is 0.369. The van der Waals surface area contributed by atoms with Gasteiger partial charge in [0.25, 0.3) is 0 Å². The third-order valence-corrected chi connectivity index (χ3v) is 0.274. The molecule has 2 nitrogen and oxygen atoms in total. The van der Waals surface area contributed by atoms with Crippen LogP contribution in [-0.2, 0) is 16.5 Å². The minimum absolute atomic E-state index is 0. The average Bonchev–Trinajstić information content (AvgIpc) is 1.41. The Kier molecular flexibility index (Phi) is 13.7. The Morgan fingerprint density at radius 1 is 1.17 bits per heavy atom. The van der Waals surface area contributed by atoms with Crippen LogP contribution in [0.15, 0.2) is 0 Å². The number of rotatable bonds is 0. The molecule has 0 spiro atoms. The Balaban J connectivity index is 0. The molecule has 0 aliphatic rings. The van der Waals surface area contributed by atoms with Gasteiger partial charge in [-0.15, -0.1) is 0 Å². The monoisotopic (exact) mass is 142 g/mol. The molecule has 0 amide bonds. The van der Waals surface area contributed by atoms with Crippen LogP contribution in [0.2, 0.25) is 0 Å². The van der Waals surface area contributed by atoms with Gasteiger partial charge in [0.1, 0.15) is 10.8 Å². The first-order valence-electron chi connectivity index (χ1n) is 0.855. The van der Waals surface area contributed by atoms with E-state index < -0.39 is 0 Å². The number of nitriles is 2. The summed E-state index contributed by atoms with van der Waals surface area (Å²) < 4.78 is 0. The predicted molar refractivity (Wildman–Crippen MR) is 18.8 cm³/mol. The van der Waals surface area contributed by atoms with Gasteiger partial charge in [0.15, 0.2) is 0 Å². The summed E-state index contributed by atoms with van der Waals surface area (Å²) in [5.74, 6) is 0. The fraction of sp³-hybridized carbons (Fsp3) is 0. The van der Waals surface area contributed by atoms with Crippen molar-refractivity contribution in [3.8, 4) is 10.8 Å². The van der Waals surface area contributed by atoms with Crippen LogP contribution >= 0.6 is 11.8 Å². The van der Waals surface area contributed by atoms with Gasteiger partial charge in [-0.1, -0.05) is 0 Å². The van der Waals surface area contributed by atoms with Crippen LogP contribution in [0.3, 0.4) is 0 Å². The van der Waals surface area contributed by atoms with E-state index >= 15 is 0 Å². The zero-order valence-electron chi connectivity index (χ0n) is 2.62. The van der Waals surface area contributed by atoms with Gasteiger partial charge in [-0.25, -0.2) is 0 Å². The van der Waals surface area contributed by atoms with Crippen LogP contribution in [0, 0.1) is 21.3 Å². The number of thioether (sulfide) groups is 1. The third kappa shape index (κ3) is 9.17. The molecule has 0 fully saturated rings. The van der Waals surface area contributed by atoms with E-state index in [1.807, 2.05) is 0 Å². The first-order chi connectivity index (χ1) is 2.41. The molecule has 0 bridgehead atoms. The van der Waals surface area contributed by atoms with E-state index in [1.165, 1.54) is 0 Å². The number of thiocyanates is 2. The summed E-state index contributed by atoms with van der Waals surface area (Å²) in [7, 11) is 0. The van der Waals surface area contributed by atoms with E-state index in [1.54, 1.807) is 10.8 Å². The third-order valence-electron chi connectivity index (χ3n) is 0.0913. The standard InChI is InChI=1S/C2N2S.Ni/c3-1-5-2-4;. The van der Waals surface area contributed by atoms with Gasteiger partial charge in [0.2, 0.25) is 0 Å². The second-order valence-electron chi connectivity index (χ2n) is 0.285. The molecule has 0 radical (unpaired) electrons. The van der Waals surface area contributed by atoms with Crippen molar-refractivity contribution in [1.82, 2.24) is 0 Å². The van der Waals surface area contributed by atoms with Gasteiger partial charge in [-0.3, -0.25) is 0 Å². The smallest absolute Gasteiger partial charge is 0.149 e. The second kappa shape index (κ2) is 8.85. The van der Waals surface area contributed by atoms with E-state index in [9.17, 15) is 0 Å². The van der Waals surface area contributed by atoms with Gasteiger partial charge in [0, 0.05) is 16.5 Å². The molecule has 0 aromatic carbocycles. The fourth-order valence-electron chi connectivity index (χ4n) is 0.0204. The molecule has 0 aliphatic carbocycles. The van der Waals surface area contributed by atoms with E-state index in [0.717, 1.165) is 0 Å². The van der Waals surface area contributed by atoms with E-state index in [-0.39, 0.29) is 16.5 Å². The zero-order chi connectivity index (χ0) is 4.12. The normalized spacial score (nSPS) is 3.67. The molecule has 0 saturated heterocycles. The Labute approximate surface area is 50.1 Å². The van der Waals surface area contributed by atoms with E-state index in [4.69, 9.17) is 10.5 Å². The largest absolute Gasteiger partial charge is 0.184 e. The Morgan fingerprint density at radius 2 is 1.50 bits per heavy atom. The maximum absolute atomic E-state index is 7.56. The number of nitrogens with zero attached hydrogens (tertiary/aromatic N) is 2. The van der Waals surface area contributed by atoms with Crippen molar-refractivity contribution < 1.29 is 16.5 Å². The molecule has 4 heteroatoms. The average molecular weight is 143 g/mol. The fourth-order valence-corrected chi connectivity index (χ4v) is 0.0612. The van der Waals surface area contributed by atoms with Crippen molar-refractivity contribution in [3.63, 3.8) is 0 Å². The van der Waals surface area contributed by atoms with Gasteiger partial charge in [0.05, 0.1) is 11.8 Å². The van der Waals surface area contributed by atoms with Gasteiger partial charge in [-0.2, -0.15) is 10.5 Å². The molecule has 0 saturated carbocycles. The molecule has 0 aliphatic heterocycles. The van der Waals surface area contributed by atoms with Crippen LogP contribution in [-0.4, -0.2) is 0 Å². The van der Waals surface area contributed by atoms with Crippen molar-refractivity contribution in [1.29, 1.82) is 10.5 Å². The molecular formula is C2N2NiS. The number of hydrogen-bond acceptors (Lipinski definition) is 3. The number of hydrogen-bond donors (Lipinski definition) is 0. The summed E-state index contributed by atoms with van der Waals surface area (Å²) >= 11 is 0.574. The van der Waals surface area contributed by atoms with Crippen LogP contribution in [0.1, 0.15) is 0 Å². The maximum atomic E-state index is 7.56. The van der Waals surface area contributed by atoms with Crippen LogP contribution in [0.4, 0.5) is 0 Å². The molecule has 0 atom stereocenters. The Hall–Kier alpha value is -0.176. The SMILES string of the molecule is N#CSC#N.[Ni]. The molecule has 0 unspecified atom stereocenters. The zero-order valence-corrected chi connectivity index (χ0v) is 4.42. The molecule has 0 aromatic heterocycles. The summed E-state index contributed by atoms with van der Waals surface area (Å²) in [5, 5.41) is 18.3. The second-order valence-corrected chi connectivity index (χ2v) is 0.854. The van der Waals surface area contributed by atoms with Crippen LogP contribution in [0.5, 0.6) is 0 Å². The molecule has 0 rings (SSSR count). The minimum atomic E-state index is 0. The van der Waals surface area contributed by atoms with Crippen LogP contribution in [0.25, 0.3) is 0 Å². The molecule has 34 valence electrons. The van der Waals surface area contributed by atoms with E-state index in [0.29, 0.717) is 11.8 Å². The molecular weight excluding hydrogens is 143 g/mol. The Morgan fingerprint density at radius 3 is 1.50 bits per heavy atom. The summed E-state index contributed by atoms with van der Waals surface area (Å²) in [5.41, 5.74) is 0. The summed E-state index contributed by atoms with van der Waals surface area (Å²) in [6.45, 7) is 0. The predicted octanol–water partition coefficient (Wildman–Crippen LogP) is 0.679. The maximum Gasteiger partial charge on any atom is 0.149 e. The molecule has 0 heterocycles. The van der Waals surface area contributed by atoms with Crippen LogP contribution < -0.4 is 0 Å². The first-order valence-corrected chi connectivity index (χ1v) is 1.67. The van der Waals surface area contributed by atoms with Crippen molar-refractivity contribution in [3.05, 3.63) is 0 Å². The first kappa shape index (κ1) is 9.27. The van der Waals surface area contributed by atoms with Crippen molar-refractivity contribution in [2.75, 3.05) is 0 Å². The summed E-state index contributed by atoms with van der Waals surface area (Å²) in [4.78, 5) is 0. The topological polar surface area (TPSA) is 47.6 Å². The molecule has 0 N–H and O–H groups in total. The van der Waals surface area contributed by atoms with Gasteiger partial charge < -0.3 is 0 Å². The summed E-state index contributed by atoms with van der Waals surface area (Å²) in [6, 6.07) is 0. The van der Waals surface area contributed by atoms with Gasteiger partial charge >= 0.3 is 0 Å². The molecule has 6 heavy (non-hydrogen) atoms. The Bertz CT molecular complexity index is 76.7. The van der Waals surface area contributed by atoms with Crippen molar-refractivity contribution >= 4 is 11.8 Å². The van der Waals surface area contributed by atoms with Gasteiger partial charge in [-0.05, 0) is 0 Å². The summed E-state index contributed by atoms with van der Waals surface area (Å²) in [6.07, 6.45) is 0. The molecule has 0 aromatic rings. The minimum Gasteiger partial charge on any atom is -0.184 e.